The molecule has 2 aromatic rings. The van der Waals surface area contributed by atoms with Gasteiger partial charge in [-0.15, -0.1) is 0 Å². The lowest BCUT2D eigenvalue weighted by Gasteiger charge is -2.16. The third kappa shape index (κ3) is 3.35. The summed E-state index contributed by atoms with van der Waals surface area (Å²) in [5, 5.41) is 3.70. The van der Waals surface area contributed by atoms with Crippen molar-refractivity contribution in [3.8, 4) is 0 Å². The van der Waals surface area contributed by atoms with Crippen molar-refractivity contribution in [3.05, 3.63) is 67.8 Å². The van der Waals surface area contributed by atoms with Gasteiger partial charge in [-0.1, -0.05) is 52.5 Å². The van der Waals surface area contributed by atoms with Crippen LogP contribution in [0.3, 0.4) is 0 Å². The van der Waals surface area contributed by atoms with E-state index in [-0.39, 0.29) is 21.4 Å². The van der Waals surface area contributed by atoms with Crippen LogP contribution in [0.2, 0.25) is 15.1 Å². The molecule has 0 atom stereocenters. The molecule has 4 nitrogen and oxygen atoms in total. The molecule has 0 aliphatic carbocycles. The topological polar surface area (TPSA) is 49.4 Å². The number of imide groups is 1. The van der Waals surface area contributed by atoms with E-state index in [9.17, 15) is 9.59 Å². The van der Waals surface area contributed by atoms with E-state index in [1.807, 2.05) is 6.92 Å². The van der Waals surface area contributed by atoms with E-state index in [1.54, 1.807) is 18.2 Å². The molecule has 25 heavy (non-hydrogen) atoms. The van der Waals surface area contributed by atoms with Gasteiger partial charge in [-0.3, -0.25) is 9.59 Å². The zero-order valence-electron chi connectivity index (χ0n) is 12.7. The van der Waals surface area contributed by atoms with Gasteiger partial charge in [0.05, 0.1) is 10.7 Å². The van der Waals surface area contributed by atoms with E-state index in [0.717, 1.165) is 10.5 Å². The second-order valence-electron chi connectivity index (χ2n) is 5.32. The largest absolute Gasteiger partial charge is 0.350 e. The van der Waals surface area contributed by atoms with Crippen molar-refractivity contribution >= 4 is 69.6 Å². The number of nitrogens with one attached hydrogen (secondary N) is 1. The van der Waals surface area contributed by atoms with Crippen molar-refractivity contribution in [2.75, 3.05) is 10.2 Å². The first-order chi connectivity index (χ1) is 11.8. The smallest absolute Gasteiger partial charge is 0.283 e. The van der Waals surface area contributed by atoms with Crippen molar-refractivity contribution in [1.29, 1.82) is 0 Å². The second kappa shape index (κ2) is 6.89. The van der Waals surface area contributed by atoms with E-state index >= 15 is 0 Å². The highest BCUT2D eigenvalue weighted by atomic mass is 35.5. The molecule has 0 saturated carbocycles. The van der Waals surface area contributed by atoms with Crippen LogP contribution in [-0.4, -0.2) is 11.8 Å². The molecule has 0 fully saturated rings. The summed E-state index contributed by atoms with van der Waals surface area (Å²) in [7, 11) is 0. The molecule has 128 valence electrons. The third-order valence-electron chi connectivity index (χ3n) is 3.62. The summed E-state index contributed by atoms with van der Waals surface area (Å²) < 4.78 is 0. The zero-order chi connectivity index (χ0) is 18.3. The van der Waals surface area contributed by atoms with Crippen LogP contribution in [0.4, 0.5) is 11.4 Å². The first-order valence-electron chi connectivity index (χ1n) is 7.06. The predicted octanol–water partition coefficient (Wildman–Crippen LogP) is 5.39. The molecule has 3 rings (SSSR count). The lowest BCUT2D eigenvalue weighted by atomic mass is 10.2. The number of hydrogen-bond donors (Lipinski definition) is 1. The number of hydrogen-bond acceptors (Lipinski definition) is 3. The van der Waals surface area contributed by atoms with Gasteiger partial charge in [-0.2, -0.15) is 0 Å². The first-order valence-corrected chi connectivity index (χ1v) is 8.57. The molecule has 0 bridgehead atoms. The van der Waals surface area contributed by atoms with Crippen molar-refractivity contribution in [3.63, 3.8) is 0 Å². The minimum Gasteiger partial charge on any atom is -0.350 e. The Bertz CT molecular complexity index is 940. The molecule has 1 aliphatic heterocycles. The number of nitrogens with zero attached hydrogens (tertiary/aromatic N) is 1. The van der Waals surface area contributed by atoms with Crippen LogP contribution in [0.1, 0.15) is 5.56 Å². The summed E-state index contributed by atoms with van der Waals surface area (Å²) in [4.78, 5) is 26.0. The fourth-order valence-electron chi connectivity index (χ4n) is 2.31. The third-order valence-corrected chi connectivity index (χ3v) is 4.91. The summed E-state index contributed by atoms with van der Waals surface area (Å²) in [6.45, 7) is 1.85. The molecular formula is C17H10Cl4N2O2. The van der Waals surface area contributed by atoms with Gasteiger partial charge in [0.2, 0.25) is 0 Å². The number of halogens is 4. The maximum absolute atomic E-state index is 12.7. The average Bonchev–Trinajstić information content (AvgIpc) is 2.75. The van der Waals surface area contributed by atoms with E-state index < -0.39 is 11.8 Å². The fourth-order valence-corrected chi connectivity index (χ4v) is 3.19. The number of aryl methyl sites for hydroxylation is 1. The lowest BCUT2D eigenvalue weighted by molar-refractivity contribution is -0.120. The van der Waals surface area contributed by atoms with Crippen LogP contribution in [0.5, 0.6) is 0 Å². The molecule has 0 radical (unpaired) electrons. The van der Waals surface area contributed by atoms with Crippen LogP contribution >= 0.6 is 46.4 Å². The number of benzene rings is 2. The number of carbonyl (C=O) groups is 2. The first kappa shape index (κ1) is 18.1. The van der Waals surface area contributed by atoms with Crippen LogP contribution in [0, 0.1) is 6.92 Å². The number of carbonyl (C=O) groups excluding carboxylic acids is 2. The number of rotatable bonds is 3. The van der Waals surface area contributed by atoms with Gasteiger partial charge in [-0.25, -0.2) is 4.90 Å². The average molecular weight is 416 g/mol. The van der Waals surface area contributed by atoms with Gasteiger partial charge in [0, 0.05) is 15.7 Å². The normalized spacial score (nSPS) is 14.5. The molecule has 0 spiro atoms. The maximum atomic E-state index is 12.7. The fraction of sp³-hybridized carbons (Fsp3) is 0.0588. The molecule has 0 unspecified atom stereocenters. The van der Waals surface area contributed by atoms with Crippen LogP contribution in [0.25, 0.3) is 0 Å². The minimum atomic E-state index is -0.670. The highest BCUT2D eigenvalue weighted by Crippen LogP contribution is 2.35. The Morgan fingerprint density at radius 3 is 2.24 bits per heavy atom. The number of anilines is 2. The van der Waals surface area contributed by atoms with E-state index in [4.69, 9.17) is 46.4 Å². The van der Waals surface area contributed by atoms with Crippen LogP contribution in [-0.2, 0) is 9.59 Å². The Morgan fingerprint density at radius 2 is 1.60 bits per heavy atom. The second-order valence-corrected chi connectivity index (χ2v) is 6.95. The van der Waals surface area contributed by atoms with E-state index in [0.29, 0.717) is 15.7 Å². The Hall–Kier alpha value is -1.72. The van der Waals surface area contributed by atoms with Crippen molar-refractivity contribution in [1.82, 2.24) is 0 Å². The molecule has 2 aromatic carbocycles. The van der Waals surface area contributed by atoms with Gasteiger partial charge < -0.3 is 5.32 Å². The maximum Gasteiger partial charge on any atom is 0.283 e. The quantitative estimate of drug-likeness (QED) is 0.683. The summed E-state index contributed by atoms with van der Waals surface area (Å²) in [6.07, 6.45) is 0. The Balaban J connectivity index is 1.95. The van der Waals surface area contributed by atoms with Crippen molar-refractivity contribution in [2.45, 2.75) is 6.92 Å². The zero-order valence-corrected chi connectivity index (χ0v) is 15.8. The standard InChI is InChI=1S/C17H10Cl4N2O2/c1-8-2-4-10(7-11(8)19)22-15-14(21)16(24)23(17(15)25)13-5-3-9(18)6-12(13)20/h2-7,22H,1H3. The van der Waals surface area contributed by atoms with Gasteiger partial charge in [0.1, 0.15) is 10.7 Å². The molecule has 1 N–H and O–H groups in total. The summed E-state index contributed by atoms with van der Waals surface area (Å²) in [5.74, 6) is -1.28. The van der Waals surface area contributed by atoms with E-state index in [2.05, 4.69) is 5.32 Å². The lowest BCUT2D eigenvalue weighted by Crippen LogP contribution is -2.32. The van der Waals surface area contributed by atoms with Crippen molar-refractivity contribution in [2.24, 2.45) is 0 Å². The summed E-state index contributed by atoms with van der Waals surface area (Å²) in [5.41, 5.74) is 1.58. The molecule has 0 saturated heterocycles. The molecule has 1 heterocycles. The summed E-state index contributed by atoms with van der Waals surface area (Å²) >= 11 is 24.1. The Kier molecular flexibility index (Phi) is 4.98. The van der Waals surface area contributed by atoms with Gasteiger partial charge in [0.15, 0.2) is 0 Å². The molecule has 1 aliphatic rings. The molecule has 0 aromatic heterocycles. The Labute approximate surface area is 163 Å². The highest BCUT2D eigenvalue weighted by molar-refractivity contribution is 6.54. The SMILES string of the molecule is Cc1ccc(NC2=C(Cl)C(=O)N(c3ccc(Cl)cc3Cl)C2=O)cc1Cl. The highest BCUT2D eigenvalue weighted by Gasteiger charge is 2.39. The van der Waals surface area contributed by atoms with Crippen LogP contribution in [0.15, 0.2) is 47.1 Å². The predicted molar refractivity (Wildman–Crippen MR) is 102 cm³/mol. The number of amides is 2. The van der Waals surface area contributed by atoms with Gasteiger partial charge >= 0.3 is 0 Å². The molecule has 2 amide bonds. The molecular weight excluding hydrogens is 406 g/mol. The van der Waals surface area contributed by atoms with Gasteiger partial charge in [-0.05, 0) is 42.8 Å². The van der Waals surface area contributed by atoms with Crippen LogP contribution < -0.4 is 10.2 Å². The van der Waals surface area contributed by atoms with E-state index in [1.165, 1.54) is 18.2 Å². The Morgan fingerprint density at radius 1 is 0.880 bits per heavy atom. The monoisotopic (exact) mass is 414 g/mol. The molecule has 8 heteroatoms. The van der Waals surface area contributed by atoms with Gasteiger partial charge in [0.25, 0.3) is 11.8 Å². The minimum absolute atomic E-state index is 0.0439. The summed E-state index contributed by atoms with van der Waals surface area (Å²) in [6, 6.07) is 9.61. The van der Waals surface area contributed by atoms with Crippen molar-refractivity contribution < 1.29 is 9.59 Å².